The fraction of sp³-hybridized carbons (Fsp3) is 0.222. The smallest absolute Gasteiger partial charge is 0.113 e. The van der Waals surface area contributed by atoms with Gasteiger partial charge < -0.3 is 0 Å². The number of aliphatic imine (C=N–C) groups is 1. The summed E-state index contributed by atoms with van der Waals surface area (Å²) in [6, 6.07) is 5.95. The average Bonchev–Trinajstić information content (AvgIpc) is 2.04. The van der Waals surface area contributed by atoms with Gasteiger partial charge in [-0.2, -0.15) is 0 Å². The molecule has 0 radical (unpaired) electrons. The van der Waals surface area contributed by atoms with Crippen molar-refractivity contribution in [1.82, 2.24) is 5.48 Å². The van der Waals surface area contributed by atoms with Crippen LogP contribution in [-0.2, 0) is 0 Å². The number of para-hydroxylation sites is 1. The number of hydroxylamine groups is 1. The Kier molecular flexibility index (Phi) is 5.11. The highest BCUT2D eigenvalue weighted by atomic mass is 35.5. The summed E-state index contributed by atoms with van der Waals surface area (Å²) in [7, 11) is 0. The summed E-state index contributed by atoms with van der Waals surface area (Å²) in [6.07, 6.45) is 1.26. The van der Waals surface area contributed by atoms with Crippen LogP contribution in [0.1, 0.15) is 11.1 Å². The van der Waals surface area contributed by atoms with Gasteiger partial charge in [-0.15, -0.1) is 12.4 Å². The third kappa shape index (κ3) is 3.05. The van der Waals surface area contributed by atoms with Gasteiger partial charge in [0.1, 0.15) is 6.34 Å². The molecule has 0 aliphatic heterocycles. The molecule has 1 rings (SSSR count). The molecule has 0 spiro atoms. The van der Waals surface area contributed by atoms with E-state index in [1.807, 2.05) is 37.5 Å². The van der Waals surface area contributed by atoms with Crippen LogP contribution in [0.5, 0.6) is 0 Å². The highest BCUT2D eigenvalue weighted by Gasteiger charge is 1.97. The van der Waals surface area contributed by atoms with Crippen LogP contribution in [0.4, 0.5) is 5.69 Å². The molecule has 0 heterocycles. The normalized spacial score (nSPS) is 9.77. The van der Waals surface area contributed by atoms with Gasteiger partial charge in [-0.25, -0.2) is 4.99 Å². The molecule has 0 atom stereocenters. The van der Waals surface area contributed by atoms with E-state index in [0.29, 0.717) is 0 Å². The molecule has 0 aromatic heterocycles. The lowest BCUT2D eigenvalue weighted by molar-refractivity contribution is 0.240. The molecule has 1 aromatic rings. The molecule has 0 saturated carbocycles. The molecule has 3 nitrogen and oxygen atoms in total. The lowest BCUT2D eigenvalue weighted by Gasteiger charge is -2.02. The summed E-state index contributed by atoms with van der Waals surface area (Å²) < 4.78 is 0. The molecular weight excluding hydrogens is 188 g/mol. The maximum absolute atomic E-state index is 8.31. The van der Waals surface area contributed by atoms with Crippen LogP contribution < -0.4 is 5.48 Å². The van der Waals surface area contributed by atoms with Crippen molar-refractivity contribution in [3.05, 3.63) is 29.3 Å². The van der Waals surface area contributed by atoms with Crippen molar-refractivity contribution in [3.8, 4) is 0 Å². The first kappa shape index (κ1) is 11.9. The SMILES string of the molecule is Cc1cccc(C)c1N=CNO.Cl. The number of aryl methyl sites for hydroxylation is 2. The van der Waals surface area contributed by atoms with E-state index in [-0.39, 0.29) is 12.4 Å². The monoisotopic (exact) mass is 200 g/mol. The van der Waals surface area contributed by atoms with Crippen LogP contribution >= 0.6 is 12.4 Å². The Labute approximate surface area is 83.9 Å². The van der Waals surface area contributed by atoms with E-state index >= 15 is 0 Å². The van der Waals surface area contributed by atoms with E-state index in [4.69, 9.17) is 5.21 Å². The predicted molar refractivity (Wildman–Crippen MR) is 56.2 cm³/mol. The van der Waals surface area contributed by atoms with Gasteiger partial charge in [-0.3, -0.25) is 10.7 Å². The van der Waals surface area contributed by atoms with Crippen molar-refractivity contribution < 1.29 is 5.21 Å². The Morgan fingerprint density at radius 2 is 1.85 bits per heavy atom. The Morgan fingerprint density at radius 3 is 2.31 bits per heavy atom. The highest BCUT2D eigenvalue weighted by molar-refractivity contribution is 5.85. The summed E-state index contributed by atoms with van der Waals surface area (Å²) in [5.74, 6) is 0. The fourth-order valence-corrected chi connectivity index (χ4v) is 1.10. The van der Waals surface area contributed by atoms with Crippen LogP contribution in [0, 0.1) is 13.8 Å². The first-order valence-electron chi connectivity index (χ1n) is 3.74. The zero-order chi connectivity index (χ0) is 8.97. The number of benzene rings is 1. The highest BCUT2D eigenvalue weighted by Crippen LogP contribution is 2.21. The molecule has 0 saturated heterocycles. The van der Waals surface area contributed by atoms with E-state index in [1.54, 1.807) is 0 Å². The Morgan fingerprint density at radius 1 is 1.31 bits per heavy atom. The molecular formula is C9H13ClN2O. The van der Waals surface area contributed by atoms with Crippen molar-refractivity contribution >= 4 is 24.4 Å². The number of nitrogens with one attached hydrogen (secondary N) is 1. The average molecular weight is 201 g/mol. The number of rotatable bonds is 2. The zero-order valence-electron chi connectivity index (χ0n) is 7.61. The van der Waals surface area contributed by atoms with Crippen LogP contribution in [0.25, 0.3) is 0 Å². The first-order chi connectivity index (χ1) is 5.75. The minimum absolute atomic E-state index is 0. The topological polar surface area (TPSA) is 44.6 Å². The second-order valence-electron chi connectivity index (χ2n) is 2.63. The lowest BCUT2D eigenvalue weighted by Crippen LogP contribution is -2.01. The molecule has 0 aliphatic rings. The number of halogens is 1. The van der Waals surface area contributed by atoms with E-state index in [9.17, 15) is 0 Å². The van der Waals surface area contributed by atoms with Gasteiger partial charge in [0.25, 0.3) is 0 Å². The number of hydrogen-bond acceptors (Lipinski definition) is 2. The Hall–Kier alpha value is -1.06. The second kappa shape index (κ2) is 5.56. The van der Waals surface area contributed by atoms with Gasteiger partial charge in [0.2, 0.25) is 0 Å². The third-order valence-electron chi connectivity index (χ3n) is 1.69. The van der Waals surface area contributed by atoms with E-state index in [1.165, 1.54) is 6.34 Å². The standard InChI is InChI=1S/C9H12N2O.ClH/c1-7-4-3-5-8(2)9(7)10-6-11-12;/h3-6,12H,1-2H3,(H,10,11);1H. The van der Waals surface area contributed by atoms with E-state index in [0.717, 1.165) is 16.8 Å². The lowest BCUT2D eigenvalue weighted by atomic mass is 10.1. The summed E-state index contributed by atoms with van der Waals surface area (Å²) in [5.41, 5.74) is 4.98. The first-order valence-corrected chi connectivity index (χ1v) is 3.74. The third-order valence-corrected chi connectivity index (χ3v) is 1.69. The van der Waals surface area contributed by atoms with Crippen LogP contribution in [0.3, 0.4) is 0 Å². The molecule has 0 aliphatic carbocycles. The van der Waals surface area contributed by atoms with Crippen LogP contribution in [0.2, 0.25) is 0 Å². The van der Waals surface area contributed by atoms with Gasteiger partial charge in [0, 0.05) is 0 Å². The molecule has 1 aromatic carbocycles. The number of hydrogen-bond donors (Lipinski definition) is 2. The molecule has 0 amide bonds. The maximum atomic E-state index is 8.31. The van der Waals surface area contributed by atoms with Crippen molar-refractivity contribution in [2.45, 2.75) is 13.8 Å². The molecule has 0 bridgehead atoms. The predicted octanol–water partition coefficient (Wildman–Crippen LogP) is 2.36. The van der Waals surface area contributed by atoms with Crippen molar-refractivity contribution in [3.63, 3.8) is 0 Å². The van der Waals surface area contributed by atoms with Crippen LogP contribution in [-0.4, -0.2) is 11.5 Å². The van der Waals surface area contributed by atoms with Gasteiger partial charge in [0.05, 0.1) is 5.69 Å². The summed E-state index contributed by atoms with van der Waals surface area (Å²) in [6.45, 7) is 3.97. The van der Waals surface area contributed by atoms with Crippen molar-refractivity contribution in [2.24, 2.45) is 4.99 Å². The van der Waals surface area contributed by atoms with Crippen LogP contribution in [0.15, 0.2) is 23.2 Å². The van der Waals surface area contributed by atoms with Gasteiger partial charge in [0.15, 0.2) is 0 Å². The van der Waals surface area contributed by atoms with Gasteiger partial charge in [-0.1, -0.05) is 18.2 Å². The zero-order valence-corrected chi connectivity index (χ0v) is 8.43. The molecule has 4 heteroatoms. The second-order valence-corrected chi connectivity index (χ2v) is 2.63. The fourth-order valence-electron chi connectivity index (χ4n) is 1.10. The molecule has 0 unspecified atom stereocenters. The van der Waals surface area contributed by atoms with Gasteiger partial charge in [-0.05, 0) is 25.0 Å². The number of nitrogens with zero attached hydrogens (tertiary/aromatic N) is 1. The van der Waals surface area contributed by atoms with E-state index < -0.39 is 0 Å². The quantitative estimate of drug-likeness (QED) is 0.437. The Balaban J connectivity index is 0.00000144. The van der Waals surface area contributed by atoms with Crippen molar-refractivity contribution in [1.29, 1.82) is 0 Å². The molecule has 13 heavy (non-hydrogen) atoms. The minimum atomic E-state index is 0. The largest absolute Gasteiger partial charge is 0.290 e. The molecule has 0 fully saturated rings. The summed E-state index contributed by atoms with van der Waals surface area (Å²) in [4.78, 5) is 4.04. The minimum Gasteiger partial charge on any atom is -0.290 e. The molecule has 2 N–H and O–H groups in total. The summed E-state index contributed by atoms with van der Waals surface area (Å²) >= 11 is 0. The summed E-state index contributed by atoms with van der Waals surface area (Å²) in [5, 5.41) is 8.31. The van der Waals surface area contributed by atoms with E-state index in [2.05, 4.69) is 4.99 Å². The van der Waals surface area contributed by atoms with Gasteiger partial charge >= 0.3 is 0 Å². The molecule has 72 valence electrons. The van der Waals surface area contributed by atoms with Crippen molar-refractivity contribution in [2.75, 3.05) is 0 Å². The maximum Gasteiger partial charge on any atom is 0.113 e. The Bertz CT molecular complexity index is 279.